The van der Waals surface area contributed by atoms with Crippen LogP contribution in [0.25, 0.3) is 0 Å². The van der Waals surface area contributed by atoms with Crippen LogP contribution in [-0.2, 0) is 10.8 Å². The molecule has 0 spiro atoms. The fourth-order valence-electron chi connectivity index (χ4n) is 3.87. The lowest BCUT2D eigenvalue weighted by Crippen LogP contribution is -2.36. The van der Waals surface area contributed by atoms with Gasteiger partial charge in [0.2, 0.25) is 0 Å². The van der Waals surface area contributed by atoms with E-state index in [1.54, 1.807) is 12.1 Å². The van der Waals surface area contributed by atoms with Gasteiger partial charge in [-0.1, -0.05) is 56.5 Å². The summed E-state index contributed by atoms with van der Waals surface area (Å²) < 4.78 is 0. The van der Waals surface area contributed by atoms with Crippen molar-refractivity contribution in [3.8, 4) is 0 Å². The molecule has 0 amide bonds. The monoisotopic (exact) mass is 361 g/mol. The summed E-state index contributed by atoms with van der Waals surface area (Å²) in [6.45, 7) is 8.90. The molecule has 0 aromatic heterocycles. The Kier molecular flexibility index (Phi) is 4.67. The van der Waals surface area contributed by atoms with Gasteiger partial charge in [0.1, 0.15) is 13.6 Å². The van der Waals surface area contributed by atoms with Crippen LogP contribution < -0.4 is 5.46 Å². The lowest BCUT2D eigenvalue weighted by atomic mass is 9.61. The van der Waals surface area contributed by atoms with Crippen molar-refractivity contribution in [3.05, 3.63) is 64.2 Å². The van der Waals surface area contributed by atoms with Crippen LogP contribution in [0.1, 0.15) is 73.1 Å². The zero-order chi connectivity index (χ0) is 20.0. The average Bonchev–Trinajstić information content (AvgIpc) is 2.61. The van der Waals surface area contributed by atoms with Crippen molar-refractivity contribution in [2.45, 2.75) is 51.4 Å². The summed E-state index contributed by atoms with van der Waals surface area (Å²) in [4.78, 5) is 11.1. The first-order valence-electron chi connectivity index (χ1n) is 9.07. The van der Waals surface area contributed by atoms with Crippen molar-refractivity contribution >= 4 is 25.0 Å². The summed E-state index contributed by atoms with van der Waals surface area (Å²) in [7, 11) is 6.36. The first-order chi connectivity index (χ1) is 12.6. The van der Waals surface area contributed by atoms with Gasteiger partial charge >= 0.3 is 5.97 Å². The van der Waals surface area contributed by atoms with Gasteiger partial charge in [0, 0.05) is 5.56 Å². The average molecular weight is 361 g/mol. The Bertz CT molecular complexity index is 927. The molecule has 2 aromatic carbocycles. The van der Waals surface area contributed by atoms with E-state index in [2.05, 4.69) is 32.9 Å². The molecule has 0 heterocycles. The Morgan fingerprint density at radius 1 is 0.963 bits per heavy atom. The van der Waals surface area contributed by atoms with Crippen molar-refractivity contribution in [1.29, 1.82) is 0 Å². The van der Waals surface area contributed by atoms with Gasteiger partial charge in [-0.3, -0.25) is 0 Å². The number of hydrogen-bond donors (Lipinski definition) is 2. The van der Waals surface area contributed by atoms with Crippen molar-refractivity contribution < 1.29 is 15.1 Å². The Morgan fingerprint density at radius 2 is 1.44 bits per heavy atom. The highest BCUT2D eigenvalue weighted by Gasteiger charge is 2.37. The standard InChI is InChI=1S/C22H24BNO3/c1-21(2)9-10-22(3,4)17-12-18(23)15(11-16(17)21)19(24-27)13-5-7-14(8-6-13)20(25)26/h5-8,11-12,27H,9-10H2,1-4H3,(H,25,26)/b24-19+. The Morgan fingerprint density at radius 3 is 1.93 bits per heavy atom. The molecule has 0 saturated carbocycles. The molecule has 0 unspecified atom stereocenters. The molecule has 2 aromatic rings. The third-order valence-electron chi connectivity index (χ3n) is 5.78. The van der Waals surface area contributed by atoms with Crippen LogP contribution in [0, 0.1) is 0 Å². The number of benzene rings is 2. The molecule has 5 heteroatoms. The van der Waals surface area contributed by atoms with Crippen LogP contribution >= 0.6 is 0 Å². The van der Waals surface area contributed by atoms with E-state index in [0.717, 1.165) is 12.8 Å². The predicted octanol–water partition coefficient (Wildman–Crippen LogP) is 3.75. The largest absolute Gasteiger partial charge is 0.478 e. The van der Waals surface area contributed by atoms with E-state index in [-0.39, 0.29) is 16.4 Å². The quantitative estimate of drug-likeness (QED) is 0.379. The minimum Gasteiger partial charge on any atom is -0.478 e. The van der Waals surface area contributed by atoms with E-state index in [0.29, 0.717) is 22.3 Å². The van der Waals surface area contributed by atoms with Gasteiger partial charge in [0.15, 0.2) is 0 Å². The summed E-state index contributed by atoms with van der Waals surface area (Å²) in [5, 5.41) is 22.2. The van der Waals surface area contributed by atoms with E-state index >= 15 is 0 Å². The highest BCUT2D eigenvalue weighted by molar-refractivity contribution is 6.38. The number of rotatable bonds is 3. The van der Waals surface area contributed by atoms with Gasteiger partial charge in [-0.15, -0.1) is 0 Å². The number of oxime groups is 1. The first kappa shape index (κ1) is 19.2. The minimum atomic E-state index is -0.999. The van der Waals surface area contributed by atoms with E-state index in [1.807, 2.05) is 12.1 Å². The number of hydrogen-bond acceptors (Lipinski definition) is 3. The molecule has 2 radical (unpaired) electrons. The van der Waals surface area contributed by atoms with Gasteiger partial charge in [-0.05, 0) is 58.6 Å². The molecule has 0 saturated heterocycles. The van der Waals surface area contributed by atoms with E-state index < -0.39 is 5.97 Å². The molecule has 0 aliphatic heterocycles. The van der Waals surface area contributed by atoms with Gasteiger partial charge in [-0.25, -0.2) is 4.79 Å². The van der Waals surface area contributed by atoms with Crippen LogP contribution in [-0.4, -0.2) is 29.8 Å². The second kappa shape index (κ2) is 6.56. The van der Waals surface area contributed by atoms with E-state index in [9.17, 15) is 10.0 Å². The van der Waals surface area contributed by atoms with Crippen molar-refractivity contribution in [2.24, 2.45) is 5.16 Å². The maximum atomic E-state index is 11.1. The molecule has 27 heavy (non-hydrogen) atoms. The van der Waals surface area contributed by atoms with Crippen LogP contribution in [0.2, 0.25) is 0 Å². The van der Waals surface area contributed by atoms with E-state index in [1.165, 1.54) is 23.3 Å². The van der Waals surface area contributed by atoms with Gasteiger partial charge in [-0.2, -0.15) is 0 Å². The summed E-state index contributed by atoms with van der Waals surface area (Å²) >= 11 is 0. The second-order valence-electron chi connectivity index (χ2n) is 8.58. The molecule has 1 aliphatic rings. The third-order valence-corrected chi connectivity index (χ3v) is 5.78. The fraction of sp³-hybridized carbons (Fsp3) is 0.364. The molecule has 138 valence electrons. The number of carboxylic acid groups (broad SMARTS) is 1. The predicted molar refractivity (Wildman–Crippen MR) is 108 cm³/mol. The second-order valence-corrected chi connectivity index (χ2v) is 8.58. The SMILES string of the molecule is [B]c1cc2c(cc1/C(=N/O)c1ccc(C(=O)O)cc1)C(C)(C)CCC2(C)C. The summed E-state index contributed by atoms with van der Waals surface area (Å²) in [6.07, 6.45) is 2.15. The fourth-order valence-corrected chi connectivity index (χ4v) is 3.87. The molecule has 0 fully saturated rings. The molecule has 0 atom stereocenters. The molecule has 0 bridgehead atoms. The van der Waals surface area contributed by atoms with Gasteiger partial charge in [0.25, 0.3) is 0 Å². The first-order valence-corrected chi connectivity index (χ1v) is 9.07. The van der Waals surface area contributed by atoms with Crippen LogP contribution in [0.5, 0.6) is 0 Å². The molecular weight excluding hydrogens is 337 g/mol. The Labute approximate surface area is 161 Å². The topological polar surface area (TPSA) is 69.9 Å². The Balaban J connectivity index is 2.15. The van der Waals surface area contributed by atoms with Crippen molar-refractivity contribution in [1.82, 2.24) is 0 Å². The molecular formula is C22H24BNO3. The molecule has 1 aliphatic carbocycles. The van der Waals surface area contributed by atoms with Gasteiger partial charge < -0.3 is 10.3 Å². The summed E-state index contributed by atoms with van der Waals surface area (Å²) in [5.74, 6) is -0.999. The zero-order valence-corrected chi connectivity index (χ0v) is 16.2. The highest BCUT2D eigenvalue weighted by atomic mass is 16.4. The van der Waals surface area contributed by atoms with Crippen LogP contribution in [0.4, 0.5) is 0 Å². The van der Waals surface area contributed by atoms with Crippen LogP contribution in [0.15, 0.2) is 41.6 Å². The normalized spacial score (nSPS) is 18.0. The summed E-state index contributed by atoms with van der Waals surface area (Å²) in [5.41, 5.74) is 4.83. The maximum Gasteiger partial charge on any atom is 0.335 e. The van der Waals surface area contributed by atoms with Gasteiger partial charge in [0.05, 0.1) is 5.56 Å². The minimum absolute atomic E-state index is 0.00103. The van der Waals surface area contributed by atoms with Crippen LogP contribution in [0.3, 0.4) is 0 Å². The lowest BCUT2D eigenvalue weighted by Gasteiger charge is -2.42. The molecule has 4 nitrogen and oxygen atoms in total. The maximum absolute atomic E-state index is 11.1. The number of aromatic carboxylic acids is 1. The molecule has 3 rings (SSSR count). The highest BCUT2D eigenvalue weighted by Crippen LogP contribution is 2.45. The number of nitrogens with zero attached hydrogens (tertiary/aromatic N) is 1. The third kappa shape index (κ3) is 3.38. The lowest BCUT2D eigenvalue weighted by molar-refractivity contribution is 0.0697. The summed E-state index contributed by atoms with van der Waals surface area (Å²) in [6, 6.07) is 10.3. The number of carbonyl (C=O) groups is 1. The molecule has 2 N–H and O–H groups in total. The van der Waals surface area contributed by atoms with Crippen molar-refractivity contribution in [2.75, 3.05) is 0 Å². The smallest absolute Gasteiger partial charge is 0.335 e. The number of fused-ring (bicyclic) bond motifs is 1. The van der Waals surface area contributed by atoms with Crippen molar-refractivity contribution in [3.63, 3.8) is 0 Å². The van der Waals surface area contributed by atoms with E-state index in [4.69, 9.17) is 13.0 Å². The number of carboxylic acids is 1. The Hall–Kier alpha value is -2.56. The zero-order valence-electron chi connectivity index (χ0n) is 16.2.